The highest BCUT2D eigenvalue weighted by Gasteiger charge is 2.76. The summed E-state index contributed by atoms with van der Waals surface area (Å²) in [6, 6.07) is 0. The summed E-state index contributed by atoms with van der Waals surface area (Å²) in [7, 11) is 0. The maximum atomic E-state index is 12.8. The number of hydrogen-bond acceptors (Lipinski definition) is 4. The van der Waals surface area contributed by atoms with E-state index in [0.29, 0.717) is 6.42 Å². The number of hydrogen-bond donors (Lipinski definition) is 4. The van der Waals surface area contributed by atoms with Gasteiger partial charge in [-0.15, -0.1) is 0 Å². The van der Waals surface area contributed by atoms with Crippen molar-refractivity contribution in [3.05, 3.63) is 12.2 Å². The molecule has 0 amide bonds. The summed E-state index contributed by atoms with van der Waals surface area (Å²) in [5.74, 6) is -1.96. The van der Waals surface area contributed by atoms with Crippen molar-refractivity contribution in [1.82, 2.24) is 0 Å². The van der Waals surface area contributed by atoms with Gasteiger partial charge in [0.2, 0.25) is 0 Å². The molecule has 0 heterocycles. The lowest BCUT2D eigenvalue weighted by atomic mass is 9.34. The van der Waals surface area contributed by atoms with Gasteiger partial charge in [0.15, 0.2) is 0 Å². The fourth-order valence-corrected chi connectivity index (χ4v) is 11.8. The summed E-state index contributed by atoms with van der Waals surface area (Å²) in [6.45, 7) is 14.8. The third-order valence-corrected chi connectivity index (χ3v) is 13.7. The molecule has 5 saturated carbocycles. The molecule has 0 aromatic heterocycles. The minimum Gasteiger partial charge on any atom is -0.481 e. The number of aliphatic carboxylic acids is 2. The van der Waals surface area contributed by atoms with Crippen LogP contribution in [0.25, 0.3) is 0 Å². The summed E-state index contributed by atoms with van der Waals surface area (Å²) in [6.07, 6.45) is 5.47. The Kier molecular flexibility index (Phi) is 5.69. The Morgan fingerprint density at radius 3 is 2.11 bits per heavy atom. The molecule has 36 heavy (non-hydrogen) atoms. The molecule has 5 aliphatic carbocycles. The summed E-state index contributed by atoms with van der Waals surface area (Å²) < 4.78 is 0. The highest BCUT2D eigenvalue weighted by Crippen LogP contribution is 2.79. The van der Waals surface area contributed by atoms with Crippen molar-refractivity contribution in [1.29, 1.82) is 0 Å². The maximum Gasteiger partial charge on any atom is 0.309 e. The minimum atomic E-state index is -1.09. The van der Waals surface area contributed by atoms with Crippen molar-refractivity contribution < 1.29 is 30.0 Å². The Hall–Kier alpha value is -1.40. The molecule has 0 saturated heterocycles. The number of carbonyl (C=O) groups is 2. The lowest BCUT2D eigenvalue weighted by molar-refractivity contribution is -0.229. The highest BCUT2D eigenvalue weighted by molar-refractivity contribution is 5.76. The normalized spacial score (nSPS) is 55.7. The van der Waals surface area contributed by atoms with Crippen LogP contribution in [0.2, 0.25) is 0 Å². The SMILES string of the molecule is C=C(C)[C@@H]1CC[C@]2(C(=O)O)CC[C@]3(C)[C@H](CC[C@@H]4[C@@]5(C)[C@@H](C(=O)O)[C@H](O)[C@](C)(CO)[C@@H]5CC[C@]43C)[C@@H]12. The Bertz CT molecular complexity index is 992. The van der Waals surface area contributed by atoms with E-state index in [1.807, 2.05) is 6.92 Å². The van der Waals surface area contributed by atoms with Crippen LogP contribution in [0.15, 0.2) is 12.2 Å². The van der Waals surface area contributed by atoms with Gasteiger partial charge in [-0.2, -0.15) is 0 Å². The van der Waals surface area contributed by atoms with Crippen LogP contribution in [0.3, 0.4) is 0 Å². The van der Waals surface area contributed by atoms with Gasteiger partial charge in [0, 0.05) is 5.41 Å². The molecule has 5 aliphatic rings. The molecule has 0 unspecified atom stereocenters. The van der Waals surface area contributed by atoms with Crippen molar-refractivity contribution in [2.24, 2.45) is 62.6 Å². The first-order chi connectivity index (χ1) is 16.7. The third-order valence-electron chi connectivity index (χ3n) is 13.7. The smallest absolute Gasteiger partial charge is 0.309 e. The first kappa shape index (κ1) is 26.2. The van der Waals surface area contributed by atoms with Gasteiger partial charge in [-0.05, 0) is 104 Å². The van der Waals surface area contributed by atoms with Crippen molar-refractivity contribution in [3.8, 4) is 0 Å². The quantitative estimate of drug-likeness (QED) is 0.403. The van der Waals surface area contributed by atoms with E-state index in [1.54, 1.807) is 0 Å². The molecule has 5 fully saturated rings. The average molecular weight is 503 g/mol. The molecule has 12 atom stereocenters. The molecule has 0 aromatic rings. The van der Waals surface area contributed by atoms with Gasteiger partial charge in [-0.25, -0.2) is 0 Å². The first-order valence-corrected chi connectivity index (χ1v) is 14.1. The minimum absolute atomic E-state index is 0.0688. The third kappa shape index (κ3) is 2.76. The lowest BCUT2D eigenvalue weighted by Crippen LogP contribution is -2.65. The second-order valence-electron chi connectivity index (χ2n) is 14.4. The number of allylic oxidation sites excluding steroid dienone is 1. The van der Waals surface area contributed by atoms with Crippen LogP contribution in [-0.4, -0.2) is 45.1 Å². The zero-order valence-corrected chi connectivity index (χ0v) is 22.7. The van der Waals surface area contributed by atoms with Gasteiger partial charge >= 0.3 is 11.9 Å². The van der Waals surface area contributed by atoms with Crippen LogP contribution in [0.1, 0.15) is 86.0 Å². The van der Waals surface area contributed by atoms with Gasteiger partial charge in [0.1, 0.15) is 0 Å². The molecule has 6 nitrogen and oxygen atoms in total. The summed E-state index contributed by atoms with van der Waals surface area (Å²) in [5, 5.41) is 42.6. The molecule has 6 heteroatoms. The van der Waals surface area contributed by atoms with Gasteiger partial charge in [0.25, 0.3) is 0 Å². The van der Waals surface area contributed by atoms with E-state index in [-0.39, 0.29) is 47.0 Å². The van der Waals surface area contributed by atoms with E-state index in [2.05, 4.69) is 34.3 Å². The van der Waals surface area contributed by atoms with Gasteiger partial charge in [0.05, 0.1) is 24.0 Å². The molecule has 202 valence electrons. The molecular formula is C30H46O6. The fraction of sp³-hybridized carbons (Fsp3) is 0.867. The average Bonchev–Trinajstić information content (AvgIpc) is 3.27. The van der Waals surface area contributed by atoms with Crippen molar-refractivity contribution in [2.75, 3.05) is 6.61 Å². The predicted octanol–water partition coefficient (Wildman–Crippen LogP) is 4.98. The van der Waals surface area contributed by atoms with E-state index < -0.39 is 40.2 Å². The van der Waals surface area contributed by atoms with Crippen molar-refractivity contribution in [2.45, 2.75) is 92.1 Å². The Balaban J connectivity index is 1.62. The molecule has 4 N–H and O–H groups in total. The summed E-state index contributed by atoms with van der Waals surface area (Å²) in [4.78, 5) is 25.5. The monoisotopic (exact) mass is 502 g/mol. The second kappa shape index (κ2) is 7.81. The van der Waals surface area contributed by atoms with E-state index in [4.69, 9.17) is 0 Å². The zero-order valence-electron chi connectivity index (χ0n) is 22.7. The maximum absolute atomic E-state index is 12.8. The van der Waals surface area contributed by atoms with Crippen LogP contribution < -0.4 is 0 Å². The number of carboxylic acid groups (broad SMARTS) is 2. The number of aliphatic hydroxyl groups is 2. The molecule has 0 aliphatic heterocycles. The van der Waals surface area contributed by atoms with Crippen molar-refractivity contribution in [3.63, 3.8) is 0 Å². The fourth-order valence-electron chi connectivity index (χ4n) is 11.8. The predicted molar refractivity (Wildman–Crippen MR) is 136 cm³/mol. The molecule has 0 aromatic carbocycles. The largest absolute Gasteiger partial charge is 0.481 e. The zero-order chi connectivity index (χ0) is 26.6. The molecule has 0 radical (unpaired) electrons. The summed E-state index contributed by atoms with van der Waals surface area (Å²) in [5.41, 5.74) is -1.33. The topological polar surface area (TPSA) is 115 Å². The molecule has 5 rings (SSSR count). The highest BCUT2D eigenvalue weighted by atomic mass is 16.4. The molecular weight excluding hydrogens is 456 g/mol. The van der Waals surface area contributed by atoms with Crippen molar-refractivity contribution >= 4 is 11.9 Å². The first-order valence-electron chi connectivity index (χ1n) is 14.1. The van der Waals surface area contributed by atoms with Gasteiger partial charge < -0.3 is 20.4 Å². The Labute approximate surface area is 215 Å². The summed E-state index contributed by atoms with van der Waals surface area (Å²) >= 11 is 0. The number of fused-ring (bicyclic) bond motifs is 7. The van der Waals surface area contributed by atoms with Crippen LogP contribution in [0, 0.1) is 62.6 Å². The molecule has 0 bridgehead atoms. The van der Waals surface area contributed by atoms with Gasteiger partial charge in [-0.3, -0.25) is 9.59 Å². The van der Waals surface area contributed by atoms with E-state index >= 15 is 0 Å². The standard InChI is InChI=1S/C30H46O6/c1-16(2)17-9-12-30(25(35)36)14-13-27(4)18(21(17)30)7-8-20-28(27,5)11-10-19-26(3,15-31)23(32)22(24(33)34)29(19,20)6/h17-23,31-32H,1,7-15H2,2-6H3,(H,33,34)(H,35,36)/t17-,18+,19-,20-,21+,22+,23-,26+,27+,28+,29-,30-/m0/s1. The Morgan fingerprint density at radius 1 is 0.889 bits per heavy atom. The van der Waals surface area contributed by atoms with Gasteiger partial charge in [-0.1, -0.05) is 39.8 Å². The number of aliphatic hydroxyl groups excluding tert-OH is 2. The van der Waals surface area contributed by atoms with E-state index in [9.17, 15) is 30.0 Å². The Morgan fingerprint density at radius 2 is 1.56 bits per heavy atom. The van der Waals surface area contributed by atoms with Crippen LogP contribution in [0.4, 0.5) is 0 Å². The lowest BCUT2D eigenvalue weighted by Gasteiger charge is -2.70. The van der Waals surface area contributed by atoms with E-state index in [1.165, 1.54) is 0 Å². The van der Waals surface area contributed by atoms with E-state index in [0.717, 1.165) is 50.5 Å². The van der Waals surface area contributed by atoms with Crippen LogP contribution >= 0.6 is 0 Å². The molecule has 0 spiro atoms. The van der Waals surface area contributed by atoms with Crippen LogP contribution in [0.5, 0.6) is 0 Å². The number of carboxylic acids is 2. The second-order valence-corrected chi connectivity index (χ2v) is 14.4. The number of rotatable bonds is 4. The van der Waals surface area contributed by atoms with Crippen LogP contribution in [-0.2, 0) is 9.59 Å².